The maximum absolute atomic E-state index is 12.6. The van der Waals surface area contributed by atoms with Crippen molar-refractivity contribution in [1.29, 1.82) is 0 Å². The second-order valence-corrected chi connectivity index (χ2v) is 12.3. The van der Waals surface area contributed by atoms with Crippen molar-refractivity contribution in [3.05, 3.63) is 53.2 Å². The van der Waals surface area contributed by atoms with E-state index in [-0.39, 0.29) is 17.8 Å². The smallest absolute Gasteiger partial charge is 0.410 e. The number of amides is 1. The summed E-state index contributed by atoms with van der Waals surface area (Å²) in [5.74, 6) is 2.01. The molecule has 0 aliphatic carbocycles. The van der Waals surface area contributed by atoms with Crippen molar-refractivity contribution in [1.82, 2.24) is 19.4 Å². The van der Waals surface area contributed by atoms with Crippen molar-refractivity contribution in [3.8, 4) is 22.6 Å². The van der Waals surface area contributed by atoms with Crippen molar-refractivity contribution >= 4 is 16.9 Å². The van der Waals surface area contributed by atoms with Gasteiger partial charge in [0.05, 0.1) is 12.5 Å². The first-order chi connectivity index (χ1) is 19.6. The summed E-state index contributed by atoms with van der Waals surface area (Å²) in [6.45, 7) is 10.3. The molecule has 9 nitrogen and oxygen atoms in total. The third-order valence-electron chi connectivity index (χ3n) is 8.07. The molecule has 2 fully saturated rings. The van der Waals surface area contributed by atoms with E-state index in [2.05, 4.69) is 9.88 Å². The van der Waals surface area contributed by atoms with E-state index < -0.39 is 5.60 Å². The van der Waals surface area contributed by atoms with E-state index in [9.17, 15) is 9.59 Å². The zero-order valence-electron chi connectivity index (χ0n) is 24.9. The molecule has 2 aliphatic rings. The van der Waals surface area contributed by atoms with Crippen LogP contribution < -0.4 is 15.0 Å². The monoisotopic (exact) mass is 562 g/mol. The molecule has 0 spiro atoms. The van der Waals surface area contributed by atoms with Gasteiger partial charge in [0.1, 0.15) is 11.7 Å². The zero-order valence-corrected chi connectivity index (χ0v) is 24.9. The SMILES string of the molecule is COc1cc(-c2cn(C)c(=O)c3cnccc23)ccc1OC1CCN(CC2CCN(C(=O)OC(C)(C)C)CC2)CC1. The zero-order chi connectivity index (χ0) is 29.1. The third-order valence-corrected chi connectivity index (χ3v) is 8.07. The number of piperidine rings is 2. The van der Waals surface area contributed by atoms with Gasteiger partial charge in [-0.25, -0.2) is 4.79 Å². The fourth-order valence-corrected chi connectivity index (χ4v) is 5.85. The molecule has 41 heavy (non-hydrogen) atoms. The Hall–Kier alpha value is -3.59. The van der Waals surface area contributed by atoms with Gasteiger partial charge in [-0.15, -0.1) is 0 Å². The molecule has 5 rings (SSSR count). The van der Waals surface area contributed by atoms with Crippen LogP contribution in [0.1, 0.15) is 46.5 Å². The summed E-state index contributed by atoms with van der Waals surface area (Å²) in [6, 6.07) is 7.85. The van der Waals surface area contributed by atoms with Crippen molar-refractivity contribution in [2.45, 2.75) is 58.2 Å². The number of methoxy groups -OCH3 is 1. The van der Waals surface area contributed by atoms with Gasteiger partial charge in [-0.05, 0) is 81.5 Å². The molecule has 9 heteroatoms. The van der Waals surface area contributed by atoms with Crippen LogP contribution in [0.15, 0.2) is 47.7 Å². The van der Waals surface area contributed by atoms with E-state index in [1.54, 1.807) is 31.1 Å². The Morgan fingerprint density at radius 1 is 1.00 bits per heavy atom. The van der Waals surface area contributed by atoms with Gasteiger partial charge < -0.3 is 28.6 Å². The fourth-order valence-electron chi connectivity index (χ4n) is 5.85. The lowest BCUT2D eigenvalue weighted by molar-refractivity contribution is 0.0156. The number of nitrogens with zero attached hydrogens (tertiary/aromatic N) is 4. The van der Waals surface area contributed by atoms with Crippen molar-refractivity contribution < 1.29 is 19.0 Å². The van der Waals surface area contributed by atoms with Crippen molar-refractivity contribution in [3.63, 3.8) is 0 Å². The van der Waals surface area contributed by atoms with Crippen LogP contribution in [0, 0.1) is 5.92 Å². The molecule has 0 atom stereocenters. The molecule has 0 radical (unpaired) electrons. The number of ether oxygens (including phenoxy) is 3. The molecule has 3 aromatic rings. The number of pyridine rings is 2. The molecular weight excluding hydrogens is 520 g/mol. The summed E-state index contributed by atoms with van der Waals surface area (Å²) < 4.78 is 19.3. The number of fused-ring (bicyclic) bond motifs is 1. The highest BCUT2D eigenvalue weighted by atomic mass is 16.6. The average Bonchev–Trinajstić information content (AvgIpc) is 2.96. The second-order valence-electron chi connectivity index (χ2n) is 12.3. The minimum atomic E-state index is -0.456. The van der Waals surface area contributed by atoms with Crippen LogP contribution in [-0.2, 0) is 11.8 Å². The molecule has 0 unspecified atom stereocenters. The molecule has 4 heterocycles. The Bertz CT molecular complexity index is 1430. The number of likely N-dealkylation sites (tertiary alicyclic amines) is 2. The normalized spacial score (nSPS) is 17.5. The number of carbonyl (C=O) groups is 1. The minimum Gasteiger partial charge on any atom is -0.493 e. The number of carbonyl (C=O) groups excluding carboxylic acids is 1. The first-order valence-corrected chi connectivity index (χ1v) is 14.6. The van der Waals surface area contributed by atoms with Crippen LogP contribution in [-0.4, -0.2) is 77.0 Å². The maximum Gasteiger partial charge on any atom is 0.410 e. The van der Waals surface area contributed by atoms with E-state index in [0.717, 1.165) is 80.7 Å². The van der Waals surface area contributed by atoms with Gasteiger partial charge >= 0.3 is 6.09 Å². The molecular formula is C32H42N4O5. The summed E-state index contributed by atoms with van der Waals surface area (Å²) in [7, 11) is 3.41. The molecule has 1 aromatic carbocycles. The number of hydrogen-bond acceptors (Lipinski definition) is 7. The largest absolute Gasteiger partial charge is 0.493 e. The Morgan fingerprint density at radius 2 is 1.73 bits per heavy atom. The lowest BCUT2D eigenvalue weighted by atomic mass is 9.95. The molecule has 0 saturated carbocycles. The number of benzene rings is 1. The van der Waals surface area contributed by atoms with E-state index in [1.807, 2.05) is 56.1 Å². The van der Waals surface area contributed by atoms with E-state index >= 15 is 0 Å². The first-order valence-electron chi connectivity index (χ1n) is 14.6. The highest BCUT2D eigenvalue weighted by molar-refractivity contribution is 5.95. The summed E-state index contributed by atoms with van der Waals surface area (Å²) in [6.07, 6.45) is 9.06. The molecule has 1 amide bonds. The molecule has 2 saturated heterocycles. The Morgan fingerprint density at radius 3 is 2.41 bits per heavy atom. The lowest BCUT2D eigenvalue weighted by Crippen LogP contribution is -2.45. The second kappa shape index (κ2) is 12.1. The molecule has 0 bridgehead atoms. The predicted octanol–water partition coefficient (Wildman–Crippen LogP) is 5.10. The quantitative estimate of drug-likeness (QED) is 0.413. The lowest BCUT2D eigenvalue weighted by Gasteiger charge is -2.38. The summed E-state index contributed by atoms with van der Waals surface area (Å²) >= 11 is 0. The average molecular weight is 563 g/mol. The van der Waals surface area contributed by atoms with Gasteiger partial charge in [-0.2, -0.15) is 0 Å². The van der Waals surface area contributed by atoms with Crippen LogP contribution in [0.5, 0.6) is 11.5 Å². The van der Waals surface area contributed by atoms with Gasteiger partial charge in [0.15, 0.2) is 11.5 Å². The van der Waals surface area contributed by atoms with Gasteiger partial charge in [-0.1, -0.05) is 6.07 Å². The highest BCUT2D eigenvalue weighted by Crippen LogP contribution is 2.36. The van der Waals surface area contributed by atoms with Crippen molar-refractivity contribution in [2.24, 2.45) is 13.0 Å². The maximum atomic E-state index is 12.6. The summed E-state index contributed by atoms with van der Waals surface area (Å²) in [5, 5.41) is 1.45. The van der Waals surface area contributed by atoms with Crippen LogP contribution in [0.3, 0.4) is 0 Å². The third kappa shape index (κ3) is 6.84. The summed E-state index contributed by atoms with van der Waals surface area (Å²) in [4.78, 5) is 33.5. The van der Waals surface area contributed by atoms with Crippen LogP contribution in [0.25, 0.3) is 21.9 Å². The van der Waals surface area contributed by atoms with Crippen LogP contribution >= 0.6 is 0 Å². The molecule has 0 N–H and O–H groups in total. The molecule has 2 aliphatic heterocycles. The number of hydrogen-bond donors (Lipinski definition) is 0. The molecule has 220 valence electrons. The van der Waals surface area contributed by atoms with Gasteiger partial charge in [-0.3, -0.25) is 9.78 Å². The number of aryl methyl sites for hydroxylation is 1. The van der Waals surface area contributed by atoms with Crippen LogP contribution in [0.4, 0.5) is 4.79 Å². The Kier molecular flexibility index (Phi) is 8.54. The summed E-state index contributed by atoms with van der Waals surface area (Å²) in [5.41, 5.74) is 1.37. The van der Waals surface area contributed by atoms with E-state index in [4.69, 9.17) is 14.2 Å². The topological polar surface area (TPSA) is 86.1 Å². The van der Waals surface area contributed by atoms with Crippen LogP contribution in [0.2, 0.25) is 0 Å². The number of rotatable bonds is 6. The predicted molar refractivity (Wildman–Crippen MR) is 160 cm³/mol. The number of aromatic nitrogens is 2. The fraction of sp³-hybridized carbons (Fsp3) is 0.531. The Balaban J connectivity index is 1.16. The van der Waals surface area contributed by atoms with E-state index in [0.29, 0.717) is 17.1 Å². The molecule has 2 aromatic heterocycles. The highest BCUT2D eigenvalue weighted by Gasteiger charge is 2.29. The Labute approximate surface area is 242 Å². The van der Waals surface area contributed by atoms with Gasteiger partial charge in [0.2, 0.25) is 0 Å². The van der Waals surface area contributed by atoms with Crippen molar-refractivity contribution in [2.75, 3.05) is 39.8 Å². The first kappa shape index (κ1) is 28.9. The van der Waals surface area contributed by atoms with Gasteiger partial charge in [0.25, 0.3) is 5.56 Å². The minimum absolute atomic E-state index is 0.0682. The van der Waals surface area contributed by atoms with Gasteiger partial charge in [0, 0.05) is 63.9 Å². The van der Waals surface area contributed by atoms with E-state index in [1.165, 1.54) is 0 Å². The standard InChI is InChI=1S/C32H42N4O5/c1-32(2,3)41-31(38)36-16-9-22(10-17-36)20-35-14-11-24(12-15-35)40-28-7-6-23(18-29(28)39-5)27-21-34(4)30(37)26-19-33-13-8-25(26)27/h6-8,13,18-19,21-22,24H,9-12,14-17,20H2,1-5H3.